The van der Waals surface area contributed by atoms with Gasteiger partial charge in [0.2, 0.25) is 0 Å². The first-order valence-corrected chi connectivity index (χ1v) is 16.3. The van der Waals surface area contributed by atoms with Crippen LogP contribution in [-0.2, 0) is 14.3 Å². The molecule has 38 heavy (non-hydrogen) atoms. The van der Waals surface area contributed by atoms with E-state index in [0.29, 0.717) is 6.42 Å². The zero-order valence-electron chi connectivity index (χ0n) is 25.1. The molecule has 0 saturated carbocycles. The van der Waals surface area contributed by atoms with Crippen LogP contribution in [0, 0.1) is 5.92 Å². The molecular weight excluding hydrogens is 472 g/mol. The maximum Gasteiger partial charge on any atom is 0.307 e. The molecule has 0 radical (unpaired) electrons. The first-order valence-electron chi connectivity index (χ1n) is 16.3. The van der Waals surface area contributed by atoms with Crippen LogP contribution in [-0.4, -0.2) is 23.7 Å². The number of ether oxygens (including phenoxy) is 1. The second-order valence-electron chi connectivity index (χ2n) is 11.1. The van der Waals surface area contributed by atoms with Gasteiger partial charge in [0.15, 0.2) is 0 Å². The molecule has 0 fully saturated rings. The van der Waals surface area contributed by atoms with Gasteiger partial charge in [-0.05, 0) is 32.1 Å². The van der Waals surface area contributed by atoms with Gasteiger partial charge >= 0.3 is 11.9 Å². The smallest absolute Gasteiger partial charge is 0.307 e. The predicted octanol–water partition coefficient (Wildman–Crippen LogP) is 10.7. The van der Waals surface area contributed by atoms with Crippen LogP contribution in [0.3, 0.4) is 0 Å². The molecule has 4 nitrogen and oxygen atoms in total. The number of allylic oxidation sites excluding steroid dienone is 2. The van der Waals surface area contributed by atoms with Crippen LogP contribution in [0.4, 0.5) is 0 Å². The second-order valence-corrected chi connectivity index (χ2v) is 11.1. The number of hydrogen-bond donors (Lipinski definition) is 1. The molecule has 0 spiro atoms. The minimum absolute atomic E-state index is 0.0503. The fraction of sp³-hybridized carbons (Fsp3) is 0.824. The van der Waals surface area contributed by atoms with Crippen molar-refractivity contribution in [2.24, 2.45) is 5.92 Å². The Morgan fingerprint density at radius 3 is 1.45 bits per heavy atom. The summed E-state index contributed by atoms with van der Waals surface area (Å²) in [6, 6.07) is 0. The Bertz CT molecular complexity index is 569. The van der Waals surface area contributed by atoms with Crippen LogP contribution >= 0.6 is 0 Å². The molecule has 4 heteroatoms. The maximum atomic E-state index is 11.6. The van der Waals surface area contributed by atoms with Crippen LogP contribution in [0.25, 0.3) is 0 Å². The van der Waals surface area contributed by atoms with E-state index in [0.717, 1.165) is 32.1 Å². The molecule has 0 aromatic carbocycles. The molecule has 0 rings (SSSR count). The molecule has 0 amide bonds. The second kappa shape index (κ2) is 30.0. The average Bonchev–Trinajstić information content (AvgIpc) is 2.91. The summed E-state index contributed by atoms with van der Waals surface area (Å²) in [6.07, 6.45) is 37.1. The fourth-order valence-corrected chi connectivity index (χ4v) is 4.95. The molecule has 222 valence electrons. The molecule has 0 bridgehead atoms. The van der Waals surface area contributed by atoms with Crippen LogP contribution in [0.2, 0.25) is 0 Å². The summed E-state index contributed by atoms with van der Waals surface area (Å²) in [7, 11) is 0. The third-order valence-corrected chi connectivity index (χ3v) is 7.44. The molecule has 1 unspecified atom stereocenters. The molecule has 0 saturated heterocycles. The largest absolute Gasteiger partial charge is 0.481 e. The van der Waals surface area contributed by atoms with Crippen LogP contribution < -0.4 is 0 Å². The minimum Gasteiger partial charge on any atom is -0.481 e. The summed E-state index contributed by atoms with van der Waals surface area (Å²) in [5.41, 5.74) is 0. The Morgan fingerprint density at radius 1 is 0.658 bits per heavy atom. The number of esters is 1. The first kappa shape index (κ1) is 36.4. The number of carbonyl (C=O) groups is 2. The molecule has 0 heterocycles. The molecule has 0 aromatic rings. The molecule has 0 aliphatic carbocycles. The number of hydrogen-bond acceptors (Lipinski definition) is 3. The monoisotopic (exact) mass is 534 g/mol. The van der Waals surface area contributed by atoms with Crippen LogP contribution in [0.5, 0.6) is 0 Å². The highest BCUT2D eigenvalue weighted by Crippen LogP contribution is 2.17. The lowest BCUT2D eigenvalue weighted by molar-refractivity contribution is -0.151. The minimum atomic E-state index is -0.909. The average molecular weight is 535 g/mol. The lowest BCUT2D eigenvalue weighted by Crippen LogP contribution is -2.19. The summed E-state index contributed by atoms with van der Waals surface area (Å²) in [5, 5.41) is 9.30. The van der Waals surface area contributed by atoms with E-state index >= 15 is 0 Å². The van der Waals surface area contributed by atoms with E-state index in [2.05, 4.69) is 25.7 Å². The van der Waals surface area contributed by atoms with Gasteiger partial charge in [0, 0.05) is 0 Å². The van der Waals surface area contributed by atoms with Gasteiger partial charge in [-0.25, -0.2) is 0 Å². The number of carbonyl (C=O) groups excluding carboxylic acids is 1. The summed E-state index contributed by atoms with van der Waals surface area (Å²) in [4.78, 5) is 23.0. The summed E-state index contributed by atoms with van der Waals surface area (Å²) in [6.45, 7) is 5.91. The number of carboxylic acids is 1. The highest BCUT2D eigenvalue weighted by Gasteiger charge is 2.21. The highest BCUT2D eigenvalue weighted by atomic mass is 16.5. The van der Waals surface area contributed by atoms with Gasteiger partial charge in [0.25, 0.3) is 0 Å². The van der Waals surface area contributed by atoms with Crippen molar-refractivity contribution in [2.75, 3.05) is 6.61 Å². The van der Waals surface area contributed by atoms with E-state index in [1.165, 1.54) is 122 Å². The van der Waals surface area contributed by atoms with Crippen molar-refractivity contribution < 1.29 is 19.4 Å². The van der Waals surface area contributed by atoms with Crippen molar-refractivity contribution >= 4 is 11.9 Å². The fourth-order valence-electron chi connectivity index (χ4n) is 4.95. The molecule has 0 aromatic heterocycles. The number of rotatable bonds is 30. The highest BCUT2D eigenvalue weighted by molar-refractivity contribution is 5.78. The third-order valence-electron chi connectivity index (χ3n) is 7.44. The Morgan fingerprint density at radius 2 is 1.05 bits per heavy atom. The quantitative estimate of drug-likeness (QED) is 0.0565. The molecule has 0 aliphatic rings. The van der Waals surface area contributed by atoms with Crippen molar-refractivity contribution in [3.8, 4) is 0 Å². The van der Waals surface area contributed by atoms with E-state index < -0.39 is 17.9 Å². The number of carboxylic acid groups (broad SMARTS) is 1. The van der Waals surface area contributed by atoms with Crippen molar-refractivity contribution in [3.63, 3.8) is 0 Å². The van der Waals surface area contributed by atoms with Gasteiger partial charge in [0.05, 0.1) is 12.3 Å². The summed E-state index contributed by atoms with van der Waals surface area (Å²) in [5.74, 6) is -2.01. The third kappa shape index (κ3) is 27.5. The van der Waals surface area contributed by atoms with E-state index in [4.69, 9.17) is 4.74 Å². The van der Waals surface area contributed by atoms with Gasteiger partial charge < -0.3 is 9.84 Å². The van der Waals surface area contributed by atoms with E-state index in [9.17, 15) is 14.7 Å². The molecule has 0 aliphatic heterocycles. The predicted molar refractivity (Wildman–Crippen MR) is 163 cm³/mol. The molecular formula is C34H62O4. The summed E-state index contributed by atoms with van der Waals surface area (Å²) < 4.78 is 4.90. The standard InChI is InChI=1S/C34H62O4/c1-3-5-6-7-8-9-10-11-12-13-14-15-16-17-18-19-20-21-22-23-24-25-26-27-28-29-32(34(36)37)31-33(35)38-30-4-2/h4,22-23,32H,2-3,5-21,24-31H2,1H3,(H,36,37)/b23-22+. The van der Waals surface area contributed by atoms with E-state index in [1.54, 1.807) is 0 Å². The van der Waals surface area contributed by atoms with Crippen molar-refractivity contribution in [2.45, 2.75) is 167 Å². The van der Waals surface area contributed by atoms with E-state index in [1.807, 2.05) is 0 Å². The number of unbranched alkanes of at least 4 members (excludes halogenated alkanes) is 21. The van der Waals surface area contributed by atoms with Gasteiger partial charge in [-0.2, -0.15) is 0 Å². The Hall–Kier alpha value is -1.58. The lowest BCUT2D eigenvalue weighted by atomic mass is 9.97. The lowest BCUT2D eigenvalue weighted by Gasteiger charge is -2.11. The van der Waals surface area contributed by atoms with Crippen molar-refractivity contribution in [1.29, 1.82) is 0 Å². The van der Waals surface area contributed by atoms with Crippen LogP contribution in [0.15, 0.2) is 24.8 Å². The van der Waals surface area contributed by atoms with Crippen LogP contribution in [0.1, 0.15) is 167 Å². The SMILES string of the molecule is C=CCOC(=O)CC(CCCCCC/C=C/CCCCCCCCCCCCCCCCCCC)C(=O)O. The van der Waals surface area contributed by atoms with Gasteiger partial charge in [0.1, 0.15) is 6.61 Å². The normalized spacial score (nSPS) is 12.1. The van der Waals surface area contributed by atoms with Gasteiger partial charge in [-0.1, -0.05) is 154 Å². The Kier molecular flexibility index (Phi) is 28.7. The summed E-state index contributed by atoms with van der Waals surface area (Å²) >= 11 is 0. The van der Waals surface area contributed by atoms with E-state index in [-0.39, 0.29) is 13.0 Å². The first-order chi connectivity index (χ1) is 18.6. The Balaban J connectivity index is 3.36. The zero-order chi connectivity index (χ0) is 27.9. The van der Waals surface area contributed by atoms with Crippen molar-refractivity contribution in [1.82, 2.24) is 0 Å². The maximum absolute atomic E-state index is 11.6. The van der Waals surface area contributed by atoms with Gasteiger partial charge in [-0.3, -0.25) is 9.59 Å². The van der Waals surface area contributed by atoms with Crippen molar-refractivity contribution in [3.05, 3.63) is 24.8 Å². The molecule has 1 atom stereocenters. The number of aliphatic carboxylic acids is 1. The molecule has 1 N–H and O–H groups in total. The van der Waals surface area contributed by atoms with Gasteiger partial charge in [-0.15, -0.1) is 0 Å². The topological polar surface area (TPSA) is 63.6 Å². The Labute approximate surface area is 236 Å². The zero-order valence-corrected chi connectivity index (χ0v) is 25.1.